The molecule has 0 saturated heterocycles. The van der Waals surface area contributed by atoms with Crippen LogP contribution >= 0.6 is 22.6 Å². The van der Waals surface area contributed by atoms with Gasteiger partial charge in [-0.2, -0.15) is 0 Å². The Morgan fingerprint density at radius 3 is 2.57 bits per heavy atom. The number of para-hydroxylation sites is 1. The Bertz CT molecular complexity index is 785. The van der Waals surface area contributed by atoms with Gasteiger partial charge in [0.1, 0.15) is 9.32 Å². The van der Waals surface area contributed by atoms with E-state index in [2.05, 4.69) is 4.85 Å². The van der Waals surface area contributed by atoms with Crippen LogP contribution in [0.1, 0.15) is 5.56 Å². The van der Waals surface area contributed by atoms with Crippen LogP contribution in [0.2, 0.25) is 0 Å². The van der Waals surface area contributed by atoms with Gasteiger partial charge in [-0.3, -0.25) is 10.1 Å². The van der Waals surface area contributed by atoms with Crippen LogP contribution in [0.5, 0.6) is 11.5 Å². The summed E-state index contributed by atoms with van der Waals surface area (Å²) in [5.41, 5.74) is 0.987. The summed E-state index contributed by atoms with van der Waals surface area (Å²) in [6.07, 6.45) is 0. The predicted octanol–water partition coefficient (Wildman–Crippen LogP) is 4.60. The topological polar surface area (TPSA) is 60.0 Å². The second-order valence-corrected chi connectivity index (χ2v) is 6.14. The van der Waals surface area contributed by atoms with Gasteiger partial charge in [-0.25, -0.2) is 4.85 Å². The molecule has 6 nitrogen and oxygen atoms in total. The Labute approximate surface area is 147 Å². The van der Waals surface area contributed by atoms with Crippen molar-refractivity contribution < 1.29 is 9.66 Å². The van der Waals surface area contributed by atoms with Crippen LogP contribution in [0.15, 0.2) is 36.4 Å². The number of nitro groups is 1. The first kappa shape index (κ1) is 17.2. The van der Waals surface area contributed by atoms with Gasteiger partial charge in [0.2, 0.25) is 11.4 Å². The van der Waals surface area contributed by atoms with E-state index in [9.17, 15) is 10.1 Å². The first-order chi connectivity index (χ1) is 10.9. The molecule has 7 heteroatoms. The highest BCUT2D eigenvalue weighted by atomic mass is 127. The van der Waals surface area contributed by atoms with Gasteiger partial charge in [0.25, 0.3) is 0 Å². The zero-order valence-corrected chi connectivity index (χ0v) is 14.8. The molecule has 23 heavy (non-hydrogen) atoms. The monoisotopic (exact) mass is 423 g/mol. The number of ether oxygens (including phenoxy) is 1. The molecule has 0 heterocycles. The maximum atomic E-state index is 11.4. The maximum absolute atomic E-state index is 11.4. The molecule has 2 aromatic carbocycles. The van der Waals surface area contributed by atoms with Gasteiger partial charge in [-0.15, -0.1) is 0 Å². The van der Waals surface area contributed by atoms with Crippen molar-refractivity contribution in [2.45, 2.75) is 6.54 Å². The molecule has 0 atom stereocenters. The fourth-order valence-electron chi connectivity index (χ4n) is 2.07. The molecule has 0 spiro atoms. The summed E-state index contributed by atoms with van der Waals surface area (Å²) in [5.74, 6) is 0.702. The van der Waals surface area contributed by atoms with Crippen molar-refractivity contribution >= 4 is 34.0 Å². The third kappa shape index (κ3) is 3.97. The van der Waals surface area contributed by atoms with Crippen molar-refractivity contribution in [2.24, 2.45) is 0 Å². The number of nitrogens with zero attached hydrogens (tertiary/aromatic N) is 3. The lowest BCUT2D eigenvalue weighted by Gasteiger charge is -2.15. The number of halogens is 1. The average Bonchev–Trinajstić information content (AvgIpc) is 2.48. The molecule has 0 bridgehead atoms. The first-order valence-corrected chi connectivity index (χ1v) is 7.76. The molecule has 0 radical (unpaired) electrons. The lowest BCUT2D eigenvalue weighted by Crippen LogP contribution is -2.11. The number of hydrogen-bond acceptors (Lipinski definition) is 4. The van der Waals surface area contributed by atoms with Crippen LogP contribution in [0.25, 0.3) is 4.85 Å². The summed E-state index contributed by atoms with van der Waals surface area (Å²) in [6, 6.07) is 10.4. The molecule has 118 valence electrons. The van der Waals surface area contributed by atoms with Gasteiger partial charge in [0.15, 0.2) is 0 Å². The normalized spacial score (nSPS) is 10.4. The molecular weight excluding hydrogens is 409 g/mol. The predicted molar refractivity (Wildman–Crippen MR) is 96.0 cm³/mol. The van der Waals surface area contributed by atoms with E-state index in [1.807, 2.05) is 59.8 Å². The van der Waals surface area contributed by atoms with Gasteiger partial charge >= 0.3 is 5.69 Å². The minimum absolute atomic E-state index is 0.137. The van der Waals surface area contributed by atoms with E-state index < -0.39 is 4.92 Å². The van der Waals surface area contributed by atoms with E-state index in [4.69, 9.17) is 11.3 Å². The van der Waals surface area contributed by atoms with Crippen LogP contribution in [-0.4, -0.2) is 23.9 Å². The quantitative estimate of drug-likeness (QED) is 0.305. The number of nitro benzene ring substituents is 1. The van der Waals surface area contributed by atoms with Crippen molar-refractivity contribution in [1.82, 2.24) is 4.90 Å². The molecule has 0 aliphatic heterocycles. The fourth-order valence-corrected chi connectivity index (χ4v) is 2.83. The van der Waals surface area contributed by atoms with Crippen molar-refractivity contribution in [3.8, 4) is 11.5 Å². The highest BCUT2D eigenvalue weighted by Crippen LogP contribution is 2.40. The van der Waals surface area contributed by atoms with E-state index in [0.29, 0.717) is 12.3 Å². The second-order valence-electron chi connectivity index (χ2n) is 5.06. The second kappa shape index (κ2) is 7.39. The standard InChI is InChI=1S/C16H14IN3O3/c1-18-12-8-9-14(16(15(12)17)20(21)22)23-13-7-5-4-6-11(13)10-19(2)3/h4-9H,10H2,2-3H3. The van der Waals surface area contributed by atoms with E-state index in [1.54, 1.807) is 6.07 Å². The Kier molecular flexibility index (Phi) is 5.52. The molecule has 0 fully saturated rings. The summed E-state index contributed by atoms with van der Waals surface area (Å²) in [5, 5.41) is 11.4. The molecule has 0 aromatic heterocycles. The van der Waals surface area contributed by atoms with Crippen LogP contribution in [-0.2, 0) is 6.54 Å². The molecule has 0 aliphatic rings. The SMILES string of the molecule is [C-]#[N+]c1ccc(Oc2ccccc2CN(C)C)c([N+](=O)[O-])c1I. The van der Waals surface area contributed by atoms with Gasteiger partial charge in [0, 0.05) is 12.1 Å². The fraction of sp³-hybridized carbons (Fsp3) is 0.188. The summed E-state index contributed by atoms with van der Waals surface area (Å²) in [6.45, 7) is 7.73. The summed E-state index contributed by atoms with van der Waals surface area (Å²) >= 11 is 1.81. The third-order valence-electron chi connectivity index (χ3n) is 3.04. The van der Waals surface area contributed by atoms with E-state index in [0.717, 1.165) is 5.56 Å². The first-order valence-electron chi connectivity index (χ1n) is 6.69. The van der Waals surface area contributed by atoms with Crippen LogP contribution in [0.4, 0.5) is 11.4 Å². The molecular formula is C16H14IN3O3. The van der Waals surface area contributed by atoms with E-state index in [1.165, 1.54) is 12.1 Å². The number of hydrogen-bond donors (Lipinski definition) is 0. The highest BCUT2D eigenvalue weighted by Gasteiger charge is 2.23. The molecule has 0 aliphatic carbocycles. The Balaban J connectivity index is 2.48. The van der Waals surface area contributed by atoms with Crippen LogP contribution < -0.4 is 4.74 Å². The smallest absolute Gasteiger partial charge is 0.314 e. The largest absolute Gasteiger partial charge is 0.450 e. The van der Waals surface area contributed by atoms with Crippen LogP contribution in [0.3, 0.4) is 0 Å². The summed E-state index contributed by atoms with van der Waals surface area (Å²) in [4.78, 5) is 16.1. The van der Waals surface area contributed by atoms with Gasteiger partial charge in [-0.05, 0) is 26.2 Å². The lowest BCUT2D eigenvalue weighted by atomic mass is 10.2. The Hall–Kier alpha value is -2.18. The van der Waals surface area contributed by atoms with Crippen LogP contribution in [0, 0.1) is 20.3 Å². The van der Waals surface area contributed by atoms with Crippen molar-refractivity contribution in [3.05, 3.63) is 67.1 Å². The Morgan fingerprint density at radius 1 is 1.26 bits per heavy atom. The van der Waals surface area contributed by atoms with E-state index >= 15 is 0 Å². The molecule has 2 rings (SSSR count). The summed E-state index contributed by atoms with van der Waals surface area (Å²) < 4.78 is 6.09. The van der Waals surface area contributed by atoms with Crippen molar-refractivity contribution in [2.75, 3.05) is 14.1 Å². The third-order valence-corrected chi connectivity index (χ3v) is 4.10. The van der Waals surface area contributed by atoms with Gasteiger partial charge in [-0.1, -0.05) is 46.9 Å². The molecule has 0 saturated carbocycles. The van der Waals surface area contributed by atoms with Gasteiger partial charge in [0.05, 0.1) is 11.5 Å². The molecule has 0 N–H and O–H groups in total. The van der Waals surface area contributed by atoms with E-state index in [-0.39, 0.29) is 20.7 Å². The zero-order chi connectivity index (χ0) is 17.0. The minimum Gasteiger partial charge on any atom is -0.450 e. The lowest BCUT2D eigenvalue weighted by molar-refractivity contribution is -0.386. The minimum atomic E-state index is -0.514. The molecule has 2 aromatic rings. The number of benzene rings is 2. The van der Waals surface area contributed by atoms with Crippen molar-refractivity contribution in [3.63, 3.8) is 0 Å². The maximum Gasteiger partial charge on any atom is 0.314 e. The van der Waals surface area contributed by atoms with Crippen molar-refractivity contribution in [1.29, 1.82) is 0 Å². The molecule has 0 amide bonds. The van der Waals surface area contributed by atoms with Gasteiger partial charge < -0.3 is 9.64 Å². The average molecular weight is 423 g/mol. The molecule has 0 unspecified atom stereocenters. The number of rotatable bonds is 5. The zero-order valence-electron chi connectivity index (χ0n) is 12.6. The Morgan fingerprint density at radius 2 is 1.96 bits per heavy atom. The summed E-state index contributed by atoms with van der Waals surface area (Å²) in [7, 11) is 3.87. The highest BCUT2D eigenvalue weighted by molar-refractivity contribution is 14.1.